The SMILES string of the molecule is COCC(=O)OCC(=O)NN1C(=O)NC(c2ccccc2)(c2ccccc2)C1=O. The van der Waals surface area contributed by atoms with Crippen LogP contribution in [0.15, 0.2) is 60.7 Å². The molecule has 1 fully saturated rings. The van der Waals surface area contributed by atoms with E-state index >= 15 is 0 Å². The second-order valence-electron chi connectivity index (χ2n) is 6.18. The highest BCUT2D eigenvalue weighted by molar-refractivity contribution is 6.10. The Morgan fingerprint density at radius 2 is 1.52 bits per heavy atom. The predicted molar refractivity (Wildman–Crippen MR) is 100 cm³/mol. The number of amides is 4. The molecule has 1 heterocycles. The van der Waals surface area contributed by atoms with Crippen LogP contribution < -0.4 is 10.7 Å². The van der Waals surface area contributed by atoms with Gasteiger partial charge in [0.25, 0.3) is 11.8 Å². The van der Waals surface area contributed by atoms with E-state index in [1.807, 2.05) is 0 Å². The van der Waals surface area contributed by atoms with Crippen LogP contribution in [0.2, 0.25) is 0 Å². The maximum absolute atomic E-state index is 13.3. The third kappa shape index (κ3) is 3.94. The lowest BCUT2D eigenvalue weighted by Gasteiger charge is -2.27. The Hall–Kier alpha value is -3.72. The number of ether oxygens (including phenoxy) is 2. The van der Waals surface area contributed by atoms with Gasteiger partial charge in [-0.15, -0.1) is 0 Å². The number of nitrogens with one attached hydrogen (secondary N) is 2. The van der Waals surface area contributed by atoms with E-state index in [2.05, 4.69) is 15.5 Å². The molecule has 0 saturated carbocycles. The Bertz CT molecular complexity index is 877. The number of carbonyl (C=O) groups is 4. The number of carbonyl (C=O) groups excluding carboxylic acids is 4. The van der Waals surface area contributed by atoms with E-state index in [0.717, 1.165) is 0 Å². The lowest BCUT2D eigenvalue weighted by atomic mass is 9.83. The van der Waals surface area contributed by atoms with Gasteiger partial charge < -0.3 is 14.8 Å². The molecule has 3 rings (SSSR count). The molecule has 150 valence electrons. The first kappa shape index (κ1) is 20.0. The van der Waals surface area contributed by atoms with Crippen molar-refractivity contribution in [1.82, 2.24) is 15.8 Å². The first-order valence-electron chi connectivity index (χ1n) is 8.71. The fourth-order valence-corrected chi connectivity index (χ4v) is 3.03. The molecular weight excluding hydrogens is 378 g/mol. The molecule has 0 spiro atoms. The summed E-state index contributed by atoms with van der Waals surface area (Å²) >= 11 is 0. The number of hydrogen-bond donors (Lipinski definition) is 2. The fraction of sp³-hybridized carbons (Fsp3) is 0.200. The van der Waals surface area contributed by atoms with Crippen molar-refractivity contribution in [3.05, 3.63) is 71.8 Å². The normalized spacial score (nSPS) is 15.0. The molecular formula is C20H19N3O6. The number of imide groups is 1. The molecule has 4 amide bonds. The Labute approximate surface area is 166 Å². The van der Waals surface area contributed by atoms with Crippen LogP contribution >= 0.6 is 0 Å². The number of methoxy groups -OCH3 is 1. The second kappa shape index (κ2) is 8.53. The molecule has 0 atom stereocenters. The highest BCUT2D eigenvalue weighted by Gasteiger charge is 2.54. The van der Waals surface area contributed by atoms with Gasteiger partial charge in [-0.05, 0) is 11.1 Å². The summed E-state index contributed by atoms with van der Waals surface area (Å²) in [6.07, 6.45) is 0. The van der Waals surface area contributed by atoms with E-state index in [-0.39, 0.29) is 6.61 Å². The van der Waals surface area contributed by atoms with E-state index in [0.29, 0.717) is 16.1 Å². The maximum atomic E-state index is 13.3. The zero-order valence-corrected chi connectivity index (χ0v) is 15.6. The third-order valence-corrected chi connectivity index (χ3v) is 4.30. The Kier molecular flexibility index (Phi) is 5.89. The molecule has 2 N–H and O–H groups in total. The molecule has 0 unspecified atom stereocenters. The summed E-state index contributed by atoms with van der Waals surface area (Å²) in [6, 6.07) is 16.6. The van der Waals surface area contributed by atoms with Crippen LogP contribution in [0.3, 0.4) is 0 Å². The molecule has 9 heteroatoms. The monoisotopic (exact) mass is 397 g/mol. The summed E-state index contributed by atoms with van der Waals surface area (Å²) in [7, 11) is 1.31. The van der Waals surface area contributed by atoms with Crippen LogP contribution in [0.1, 0.15) is 11.1 Å². The molecule has 0 aromatic heterocycles. The van der Waals surface area contributed by atoms with Crippen molar-refractivity contribution in [3.63, 3.8) is 0 Å². The summed E-state index contributed by atoms with van der Waals surface area (Å²) < 4.78 is 9.29. The van der Waals surface area contributed by atoms with Crippen LogP contribution in [0.5, 0.6) is 0 Å². The van der Waals surface area contributed by atoms with Gasteiger partial charge in [-0.3, -0.25) is 15.0 Å². The van der Waals surface area contributed by atoms with Gasteiger partial charge >= 0.3 is 12.0 Å². The minimum absolute atomic E-state index is 0.318. The largest absolute Gasteiger partial charge is 0.454 e. The van der Waals surface area contributed by atoms with Crippen molar-refractivity contribution in [1.29, 1.82) is 0 Å². The van der Waals surface area contributed by atoms with Gasteiger partial charge in [-0.1, -0.05) is 60.7 Å². The van der Waals surface area contributed by atoms with Gasteiger partial charge in [0, 0.05) is 7.11 Å². The third-order valence-electron chi connectivity index (χ3n) is 4.30. The topological polar surface area (TPSA) is 114 Å². The van der Waals surface area contributed by atoms with Crippen LogP contribution in [0.4, 0.5) is 4.79 Å². The van der Waals surface area contributed by atoms with Gasteiger partial charge in [-0.25, -0.2) is 9.59 Å². The fourth-order valence-electron chi connectivity index (χ4n) is 3.03. The molecule has 9 nitrogen and oxygen atoms in total. The lowest BCUT2D eigenvalue weighted by molar-refractivity contribution is -0.153. The van der Waals surface area contributed by atoms with Crippen molar-refractivity contribution >= 4 is 23.8 Å². The Morgan fingerprint density at radius 3 is 2.03 bits per heavy atom. The van der Waals surface area contributed by atoms with Gasteiger partial charge in [0.15, 0.2) is 12.1 Å². The van der Waals surface area contributed by atoms with Crippen LogP contribution in [0.25, 0.3) is 0 Å². The molecule has 1 saturated heterocycles. The minimum Gasteiger partial charge on any atom is -0.454 e. The number of urea groups is 1. The number of benzene rings is 2. The van der Waals surface area contributed by atoms with Crippen molar-refractivity contribution in [2.75, 3.05) is 20.3 Å². The average molecular weight is 397 g/mol. The highest BCUT2D eigenvalue weighted by Crippen LogP contribution is 2.35. The summed E-state index contributed by atoms with van der Waals surface area (Å²) in [4.78, 5) is 49.3. The first-order valence-corrected chi connectivity index (χ1v) is 8.71. The number of esters is 1. The average Bonchev–Trinajstić information content (AvgIpc) is 2.99. The molecule has 2 aromatic carbocycles. The maximum Gasteiger partial charge on any atom is 0.344 e. The molecule has 0 radical (unpaired) electrons. The summed E-state index contributed by atoms with van der Waals surface area (Å²) in [5.74, 6) is -2.27. The zero-order chi connectivity index (χ0) is 20.9. The van der Waals surface area contributed by atoms with Gasteiger partial charge in [0.2, 0.25) is 0 Å². The smallest absolute Gasteiger partial charge is 0.344 e. The summed E-state index contributed by atoms with van der Waals surface area (Å²) in [6.45, 7) is -0.982. The number of hydrazine groups is 1. The number of hydrogen-bond acceptors (Lipinski definition) is 6. The zero-order valence-electron chi connectivity index (χ0n) is 15.6. The van der Waals surface area contributed by atoms with E-state index < -0.39 is 36.0 Å². The Morgan fingerprint density at radius 1 is 0.966 bits per heavy atom. The number of rotatable bonds is 7. The number of nitrogens with zero attached hydrogens (tertiary/aromatic N) is 1. The summed E-state index contributed by atoms with van der Waals surface area (Å²) in [5, 5.41) is 3.28. The van der Waals surface area contributed by atoms with E-state index in [1.54, 1.807) is 60.7 Å². The van der Waals surface area contributed by atoms with E-state index in [9.17, 15) is 19.2 Å². The molecule has 29 heavy (non-hydrogen) atoms. The standard InChI is InChI=1S/C20H19N3O6/c1-28-13-17(25)29-12-16(24)22-23-18(26)20(21-19(23)27,14-8-4-2-5-9-14)15-10-6-3-7-11-15/h2-11H,12-13H2,1H3,(H,21,27)(H,22,24). The van der Waals surface area contributed by atoms with Crippen LogP contribution in [-0.2, 0) is 29.4 Å². The highest BCUT2D eigenvalue weighted by atomic mass is 16.6. The second-order valence-corrected chi connectivity index (χ2v) is 6.18. The van der Waals surface area contributed by atoms with Crippen molar-refractivity contribution in [2.24, 2.45) is 0 Å². The van der Waals surface area contributed by atoms with Crippen LogP contribution in [-0.4, -0.2) is 49.1 Å². The van der Waals surface area contributed by atoms with E-state index in [4.69, 9.17) is 4.74 Å². The predicted octanol–water partition coefficient (Wildman–Crippen LogP) is 0.703. The van der Waals surface area contributed by atoms with Crippen molar-refractivity contribution < 1.29 is 28.7 Å². The quantitative estimate of drug-likeness (QED) is 0.525. The van der Waals surface area contributed by atoms with Crippen molar-refractivity contribution in [3.8, 4) is 0 Å². The Balaban J connectivity index is 1.86. The molecule has 0 aliphatic carbocycles. The van der Waals surface area contributed by atoms with Crippen LogP contribution in [0, 0.1) is 0 Å². The first-order chi connectivity index (χ1) is 14.0. The molecule has 1 aliphatic heterocycles. The van der Waals surface area contributed by atoms with Gasteiger partial charge in [0.1, 0.15) is 6.61 Å². The lowest BCUT2D eigenvalue weighted by Crippen LogP contribution is -2.50. The van der Waals surface area contributed by atoms with Gasteiger partial charge in [-0.2, -0.15) is 5.01 Å². The minimum atomic E-state index is -1.50. The molecule has 2 aromatic rings. The molecule has 1 aliphatic rings. The van der Waals surface area contributed by atoms with Gasteiger partial charge in [0.05, 0.1) is 0 Å². The molecule has 0 bridgehead atoms. The summed E-state index contributed by atoms with van der Waals surface area (Å²) in [5.41, 5.74) is 1.75. The van der Waals surface area contributed by atoms with E-state index in [1.165, 1.54) is 7.11 Å². The van der Waals surface area contributed by atoms with Crippen molar-refractivity contribution in [2.45, 2.75) is 5.54 Å².